The van der Waals surface area contributed by atoms with Crippen LogP contribution in [0.25, 0.3) is 0 Å². The fourth-order valence-electron chi connectivity index (χ4n) is 2.70. The molecule has 0 unspecified atom stereocenters. The first-order valence-electron chi connectivity index (χ1n) is 9.30. The first kappa shape index (κ1) is 24.8. The van der Waals surface area contributed by atoms with Crippen LogP contribution < -0.4 is 0 Å². The summed E-state index contributed by atoms with van der Waals surface area (Å²) < 4.78 is 0. The lowest BCUT2D eigenvalue weighted by molar-refractivity contribution is -0.135. The van der Waals surface area contributed by atoms with Crippen LogP contribution in [0.2, 0.25) is 0 Å². The highest BCUT2D eigenvalue weighted by Crippen LogP contribution is 2.08. The molecule has 0 fully saturated rings. The van der Waals surface area contributed by atoms with Crippen molar-refractivity contribution in [2.45, 2.75) is 77.8 Å². The van der Waals surface area contributed by atoms with E-state index in [2.05, 4.69) is 0 Å². The highest BCUT2D eigenvalue weighted by Gasteiger charge is 2.19. The number of carbonyl (C=O) groups excluding carboxylic acids is 2. The highest BCUT2D eigenvalue weighted by atomic mass is 16.3. The minimum absolute atomic E-state index is 0.163. The Morgan fingerprint density at radius 2 is 0.846 bits per heavy atom. The topological polar surface area (TPSA) is 122 Å². The molecule has 8 heteroatoms. The van der Waals surface area contributed by atoms with Gasteiger partial charge in [-0.25, -0.2) is 0 Å². The van der Waals surface area contributed by atoms with E-state index in [-0.39, 0.29) is 50.8 Å². The molecule has 0 bridgehead atoms. The third-order valence-electron chi connectivity index (χ3n) is 3.68. The summed E-state index contributed by atoms with van der Waals surface area (Å²) in [5, 5.41) is 37.9. The number of unbranched alkanes of at least 4 members (excludes halogenated alkanes) is 1. The molecule has 0 rings (SSSR count). The smallest absolute Gasteiger partial charge is 0.222 e. The Morgan fingerprint density at radius 3 is 1.04 bits per heavy atom. The summed E-state index contributed by atoms with van der Waals surface area (Å²) in [6.45, 7) is 7.00. The normalized spacial score (nSPS) is 15.8. The zero-order chi connectivity index (χ0) is 20.3. The number of hydrogen-bond acceptors (Lipinski definition) is 6. The number of carbonyl (C=O) groups is 2. The van der Waals surface area contributed by atoms with E-state index < -0.39 is 24.4 Å². The SMILES string of the molecule is C[C@H](O)CN(C[C@H](C)O)C(=O)CCCCC(=O)N(C[C@H](C)O)C[C@@H](C)O. The lowest BCUT2D eigenvalue weighted by Gasteiger charge is -2.26. The van der Waals surface area contributed by atoms with Crippen LogP contribution in [0.1, 0.15) is 53.4 Å². The number of aliphatic hydroxyl groups excluding tert-OH is 4. The number of amides is 2. The molecule has 0 heterocycles. The van der Waals surface area contributed by atoms with Gasteiger partial charge in [-0.3, -0.25) is 9.59 Å². The lowest BCUT2D eigenvalue weighted by atomic mass is 10.1. The molecule has 0 aromatic carbocycles. The minimum atomic E-state index is -0.672. The average molecular weight is 376 g/mol. The van der Waals surface area contributed by atoms with Gasteiger partial charge in [0, 0.05) is 39.0 Å². The van der Waals surface area contributed by atoms with E-state index in [1.54, 1.807) is 27.7 Å². The van der Waals surface area contributed by atoms with Crippen molar-refractivity contribution >= 4 is 11.8 Å². The van der Waals surface area contributed by atoms with Crippen LogP contribution in [0.15, 0.2) is 0 Å². The zero-order valence-corrected chi connectivity index (χ0v) is 16.5. The van der Waals surface area contributed by atoms with Gasteiger partial charge in [0.05, 0.1) is 24.4 Å². The van der Waals surface area contributed by atoms with Gasteiger partial charge in [-0.1, -0.05) is 0 Å². The summed E-state index contributed by atoms with van der Waals surface area (Å²) in [4.78, 5) is 27.3. The molecule has 8 nitrogen and oxygen atoms in total. The Morgan fingerprint density at radius 1 is 0.615 bits per heavy atom. The first-order chi connectivity index (χ1) is 12.0. The van der Waals surface area contributed by atoms with Gasteiger partial charge in [0.25, 0.3) is 0 Å². The zero-order valence-electron chi connectivity index (χ0n) is 16.5. The monoisotopic (exact) mass is 376 g/mol. The number of aliphatic hydroxyl groups is 4. The molecule has 4 N–H and O–H groups in total. The van der Waals surface area contributed by atoms with Crippen LogP contribution in [0.5, 0.6) is 0 Å². The molecule has 0 radical (unpaired) electrons. The molecule has 2 amide bonds. The second kappa shape index (κ2) is 13.0. The summed E-state index contributed by atoms with van der Waals surface area (Å²) in [6.07, 6.45) is -1.19. The van der Waals surface area contributed by atoms with E-state index >= 15 is 0 Å². The maximum absolute atomic E-state index is 12.2. The molecule has 0 aliphatic heterocycles. The predicted molar refractivity (Wildman–Crippen MR) is 98.4 cm³/mol. The maximum atomic E-state index is 12.2. The van der Waals surface area contributed by atoms with Crippen LogP contribution in [-0.2, 0) is 9.59 Å². The number of rotatable bonds is 13. The van der Waals surface area contributed by atoms with E-state index in [0.29, 0.717) is 12.8 Å². The second-order valence-corrected chi connectivity index (χ2v) is 7.20. The Kier molecular flexibility index (Phi) is 12.4. The fourth-order valence-corrected chi connectivity index (χ4v) is 2.70. The maximum Gasteiger partial charge on any atom is 0.222 e. The largest absolute Gasteiger partial charge is 0.392 e. The summed E-state index contributed by atoms with van der Waals surface area (Å²) in [5.74, 6) is -0.326. The van der Waals surface area contributed by atoms with Gasteiger partial charge in [0.2, 0.25) is 11.8 Å². The second-order valence-electron chi connectivity index (χ2n) is 7.20. The first-order valence-corrected chi connectivity index (χ1v) is 9.30. The number of hydrogen-bond donors (Lipinski definition) is 4. The minimum Gasteiger partial charge on any atom is -0.392 e. The average Bonchev–Trinajstić information content (AvgIpc) is 2.47. The third-order valence-corrected chi connectivity index (χ3v) is 3.68. The van der Waals surface area contributed by atoms with Crippen molar-refractivity contribution in [1.29, 1.82) is 0 Å². The van der Waals surface area contributed by atoms with Gasteiger partial charge in [-0.2, -0.15) is 0 Å². The van der Waals surface area contributed by atoms with Crippen LogP contribution in [-0.4, -0.2) is 92.6 Å². The van der Waals surface area contributed by atoms with Gasteiger partial charge in [-0.15, -0.1) is 0 Å². The van der Waals surface area contributed by atoms with E-state index in [1.807, 2.05) is 0 Å². The predicted octanol–water partition coefficient (Wildman–Crippen LogP) is -0.273. The van der Waals surface area contributed by atoms with E-state index in [9.17, 15) is 30.0 Å². The molecular formula is C18H36N2O6. The van der Waals surface area contributed by atoms with Gasteiger partial charge in [0.15, 0.2) is 0 Å². The molecule has 0 aliphatic carbocycles. The van der Waals surface area contributed by atoms with Crippen molar-refractivity contribution in [1.82, 2.24) is 9.80 Å². The van der Waals surface area contributed by atoms with Crippen LogP contribution >= 0.6 is 0 Å². The lowest BCUT2D eigenvalue weighted by Crippen LogP contribution is -2.41. The van der Waals surface area contributed by atoms with Crippen molar-refractivity contribution in [3.8, 4) is 0 Å². The highest BCUT2D eigenvalue weighted by molar-refractivity contribution is 5.77. The van der Waals surface area contributed by atoms with E-state index in [1.165, 1.54) is 9.80 Å². The Labute approximate surface area is 156 Å². The van der Waals surface area contributed by atoms with Crippen LogP contribution in [0.4, 0.5) is 0 Å². The summed E-state index contributed by atoms with van der Waals surface area (Å²) in [6, 6.07) is 0. The van der Waals surface area contributed by atoms with Crippen molar-refractivity contribution in [3.63, 3.8) is 0 Å². The Hall–Kier alpha value is -1.22. The van der Waals surface area contributed by atoms with Crippen molar-refractivity contribution in [2.75, 3.05) is 26.2 Å². The molecule has 0 saturated heterocycles. The summed E-state index contributed by atoms with van der Waals surface area (Å²) in [5.41, 5.74) is 0. The Balaban J connectivity index is 4.38. The quantitative estimate of drug-likeness (QED) is 0.328. The van der Waals surface area contributed by atoms with Crippen molar-refractivity contribution in [2.24, 2.45) is 0 Å². The third kappa shape index (κ3) is 12.2. The van der Waals surface area contributed by atoms with Gasteiger partial charge in [-0.05, 0) is 40.5 Å². The molecule has 0 spiro atoms. The molecule has 26 heavy (non-hydrogen) atoms. The van der Waals surface area contributed by atoms with Crippen LogP contribution in [0.3, 0.4) is 0 Å². The number of nitrogens with zero attached hydrogens (tertiary/aromatic N) is 2. The van der Waals surface area contributed by atoms with Crippen LogP contribution in [0, 0.1) is 0 Å². The summed E-state index contributed by atoms with van der Waals surface area (Å²) in [7, 11) is 0. The van der Waals surface area contributed by atoms with Gasteiger partial charge < -0.3 is 30.2 Å². The van der Waals surface area contributed by atoms with E-state index in [0.717, 1.165) is 0 Å². The molecular weight excluding hydrogens is 340 g/mol. The molecule has 154 valence electrons. The molecule has 4 atom stereocenters. The Bertz CT molecular complexity index is 354. The molecule has 0 saturated carbocycles. The molecule has 0 aromatic rings. The van der Waals surface area contributed by atoms with Crippen molar-refractivity contribution < 1.29 is 30.0 Å². The van der Waals surface area contributed by atoms with Gasteiger partial charge >= 0.3 is 0 Å². The molecule has 0 aliphatic rings. The fraction of sp³-hybridized carbons (Fsp3) is 0.889. The summed E-state index contributed by atoms with van der Waals surface area (Å²) >= 11 is 0. The molecule has 0 aromatic heterocycles. The van der Waals surface area contributed by atoms with Crippen molar-refractivity contribution in [3.05, 3.63) is 0 Å². The van der Waals surface area contributed by atoms with E-state index in [4.69, 9.17) is 0 Å². The standard InChI is InChI=1S/C18H36N2O6/c1-13(21)9-19(10-14(2)22)17(25)7-5-6-8-18(26)20(11-15(3)23)12-16(4)24/h13-16,21-24H,5-12H2,1-4H3/t13-,14-,15-,16+/m0/s1. The van der Waals surface area contributed by atoms with Gasteiger partial charge in [0.1, 0.15) is 0 Å².